The van der Waals surface area contributed by atoms with Crippen molar-refractivity contribution in [1.82, 2.24) is 10.6 Å². The Morgan fingerprint density at radius 3 is 2.48 bits per heavy atom. The SMILES string of the molecule is CNCC1(C)CC(NCCc2ccccc2)CC(C)(C)C1. The molecule has 0 saturated heterocycles. The quantitative estimate of drug-likeness (QED) is 0.835. The van der Waals surface area contributed by atoms with Crippen LogP contribution in [-0.4, -0.2) is 26.2 Å². The van der Waals surface area contributed by atoms with Crippen molar-refractivity contribution >= 4 is 0 Å². The van der Waals surface area contributed by atoms with Crippen LogP contribution in [-0.2, 0) is 6.42 Å². The van der Waals surface area contributed by atoms with Crippen molar-refractivity contribution in [3.05, 3.63) is 35.9 Å². The molecule has 1 saturated carbocycles. The van der Waals surface area contributed by atoms with E-state index < -0.39 is 0 Å². The molecule has 0 heterocycles. The summed E-state index contributed by atoms with van der Waals surface area (Å²) in [6.07, 6.45) is 5.02. The second kappa shape index (κ2) is 6.93. The van der Waals surface area contributed by atoms with Gasteiger partial charge in [0.1, 0.15) is 0 Å². The maximum absolute atomic E-state index is 3.81. The molecule has 0 aromatic heterocycles. The van der Waals surface area contributed by atoms with Gasteiger partial charge in [0.25, 0.3) is 0 Å². The van der Waals surface area contributed by atoms with Crippen molar-refractivity contribution in [1.29, 1.82) is 0 Å². The van der Waals surface area contributed by atoms with E-state index in [1.165, 1.54) is 24.8 Å². The van der Waals surface area contributed by atoms with Gasteiger partial charge in [-0.1, -0.05) is 51.1 Å². The summed E-state index contributed by atoms with van der Waals surface area (Å²) in [7, 11) is 2.07. The highest BCUT2D eigenvalue weighted by Crippen LogP contribution is 2.45. The van der Waals surface area contributed by atoms with Crippen molar-refractivity contribution < 1.29 is 0 Å². The predicted molar refractivity (Wildman–Crippen MR) is 91.6 cm³/mol. The maximum atomic E-state index is 3.81. The number of hydrogen-bond donors (Lipinski definition) is 2. The molecular weight excluding hydrogens is 256 g/mol. The molecule has 0 spiro atoms. The average molecular weight is 288 g/mol. The summed E-state index contributed by atoms with van der Waals surface area (Å²) >= 11 is 0. The predicted octanol–water partition coefficient (Wildman–Crippen LogP) is 3.62. The summed E-state index contributed by atoms with van der Waals surface area (Å²) in [6.45, 7) is 9.49. The summed E-state index contributed by atoms with van der Waals surface area (Å²) < 4.78 is 0. The van der Waals surface area contributed by atoms with E-state index in [2.05, 4.69) is 68.8 Å². The number of rotatable bonds is 6. The van der Waals surface area contributed by atoms with Gasteiger partial charge in [-0.2, -0.15) is 0 Å². The summed E-state index contributed by atoms with van der Waals surface area (Å²) in [5.74, 6) is 0. The lowest BCUT2D eigenvalue weighted by Gasteiger charge is -2.47. The van der Waals surface area contributed by atoms with Gasteiger partial charge in [0.15, 0.2) is 0 Å². The van der Waals surface area contributed by atoms with E-state index in [1.807, 2.05) is 0 Å². The van der Waals surface area contributed by atoms with Gasteiger partial charge in [0.05, 0.1) is 0 Å². The highest BCUT2D eigenvalue weighted by Gasteiger charge is 2.40. The van der Waals surface area contributed by atoms with E-state index in [0.29, 0.717) is 16.9 Å². The monoisotopic (exact) mass is 288 g/mol. The zero-order valence-corrected chi connectivity index (χ0v) is 14.2. The topological polar surface area (TPSA) is 24.1 Å². The molecule has 118 valence electrons. The Kier molecular flexibility index (Phi) is 5.45. The van der Waals surface area contributed by atoms with Gasteiger partial charge in [0, 0.05) is 12.6 Å². The Morgan fingerprint density at radius 1 is 1.10 bits per heavy atom. The molecule has 1 aromatic carbocycles. The third-order valence-corrected chi connectivity index (χ3v) is 4.74. The molecule has 2 nitrogen and oxygen atoms in total. The van der Waals surface area contributed by atoms with Crippen molar-refractivity contribution in [2.75, 3.05) is 20.1 Å². The largest absolute Gasteiger partial charge is 0.319 e. The summed E-state index contributed by atoms with van der Waals surface area (Å²) in [5.41, 5.74) is 2.29. The minimum absolute atomic E-state index is 0.418. The van der Waals surface area contributed by atoms with Crippen LogP contribution in [0.15, 0.2) is 30.3 Å². The summed E-state index contributed by atoms with van der Waals surface area (Å²) in [6, 6.07) is 11.4. The normalized spacial score (nSPS) is 28.5. The van der Waals surface area contributed by atoms with Crippen LogP contribution in [0.25, 0.3) is 0 Å². The van der Waals surface area contributed by atoms with Crippen LogP contribution < -0.4 is 10.6 Å². The second-order valence-corrected chi connectivity index (χ2v) is 7.98. The minimum Gasteiger partial charge on any atom is -0.319 e. The molecule has 21 heavy (non-hydrogen) atoms. The molecule has 2 N–H and O–H groups in total. The van der Waals surface area contributed by atoms with Crippen LogP contribution in [0.4, 0.5) is 0 Å². The number of benzene rings is 1. The minimum atomic E-state index is 0.418. The lowest BCUT2D eigenvalue weighted by Crippen LogP contribution is -2.48. The summed E-state index contributed by atoms with van der Waals surface area (Å²) in [5, 5.41) is 7.20. The van der Waals surface area contributed by atoms with Gasteiger partial charge in [-0.15, -0.1) is 0 Å². The molecule has 2 rings (SSSR count). The van der Waals surface area contributed by atoms with E-state index in [-0.39, 0.29) is 0 Å². The van der Waals surface area contributed by atoms with Crippen LogP contribution in [0.2, 0.25) is 0 Å². The molecule has 1 aliphatic rings. The zero-order chi connectivity index (χ0) is 15.3. The van der Waals surface area contributed by atoms with Gasteiger partial charge in [0.2, 0.25) is 0 Å². The van der Waals surface area contributed by atoms with Crippen molar-refractivity contribution in [2.24, 2.45) is 10.8 Å². The summed E-state index contributed by atoms with van der Waals surface area (Å²) in [4.78, 5) is 0. The Morgan fingerprint density at radius 2 is 1.81 bits per heavy atom. The van der Waals surface area contributed by atoms with Gasteiger partial charge in [-0.25, -0.2) is 0 Å². The lowest BCUT2D eigenvalue weighted by molar-refractivity contribution is 0.0721. The second-order valence-electron chi connectivity index (χ2n) is 7.98. The fourth-order valence-corrected chi connectivity index (χ4v) is 4.40. The molecule has 0 radical (unpaired) electrons. The van der Waals surface area contributed by atoms with Crippen molar-refractivity contribution in [3.63, 3.8) is 0 Å². The molecule has 1 aromatic rings. The fourth-order valence-electron chi connectivity index (χ4n) is 4.40. The molecule has 2 unspecified atom stereocenters. The Bertz CT molecular complexity index is 426. The average Bonchev–Trinajstić information content (AvgIpc) is 2.37. The molecule has 0 bridgehead atoms. The highest BCUT2D eigenvalue weighted by atomic mass is 14.9. The first kappa shape index (κ1) is 16.5. The van der Waals surface area contributed by atoms with Gasteiger partial charge in [-0.3, -0.25) is 0 Å². The third kappa shape index (κ3) is 5.12. The van der Waals surface area contributed by atoms with E-state index in [1.54, 1.807) is 0 Å². The Balaban J connectivity index is 1.87. The van der Waals surface area contributed by atoms with Gasteiger partial charge in [-0.05, 0) is 55.7 Å². The van der Waals surface area contributed by atoms with Gasteiger partial charge < -0.3 is 10.6 Å². The molecule has 1 fully saturated rings. The zero-order valence-electron chi connectivity index (χ0n) is 14.2. The first-order valence-electron chi connectivity index (χ1n) is 8.34. The van der Waals surface area contributed by atoms with Crippen LogP contribution in [0.3, 0.4) is 0 Å². The van der Waals surface area contributed by atoms with E-state index in [4.69, 9.17) is 0 Å². The molecule has 2 heteroatoms. The molecular formula is C19H32N2. The highest BCUT2D eigenvalue weighted by molar-refractivity contribution is 5.14. The van der Waals surface area contributed by atoms with Crippen LogP contribution in [0.5, 0.6) is 0 Å². The maximum Gasteiger partial charge on any atom is 0.00779 e. The number of hydrogen-bond acceptors (Lipinski definition) is 2. The first-order chi connectivity index (χ1) is 9.92. The molecule has 0 amide bonds. The van der Waals surface area contributed by atoms with Crippen molar-refractivity contribution in [2.45, 2.75) is 52.5 Å². The van der Waals surface area contributed by atoms with Gasteiger partial charge >= 0.3 is 0 Å². The van der Waals surface area contributed by atoms with E-state index in [9.17, 15) is 0 Å². The van der Waals surface area contributed by atoms with E-state index >= 15 is 0 Å². The van der Waals surface area contributed by atoms with E-state index in [0.717, 1.165) is 19.5 Å². The smallest absolute Gasteiger partial charge is 0.00779 e. The fraction of sp³-hybridized carbons (Fsp3) is 0.684. The van der Waals surface area contributed by atoms with Crippen molar-refractivity contribution in [3.8, 4) is 0 Å². The molecule has 1 aliphatic carbocycles. The number of nitrogens with one attached hydrogen (secondary N) is 2. The first-order valence-corrected chi connectivity index (χ1v) is 8.34. The van der Waals surface area contributed by atoms with Crippen LogP contribution in [0.1, 0.15) is 45.6 Å². The standard InChI is InChI=1S/C19H32N2/c1-18(2)12-17(13-19(3,14-18)15-20-4)21-11-10-16-8-6-5-7-9-16/h5-9,17,20-21H,10-15H2,1-4H3. The lowest BCUT2D eigenvalue weighted by atomic mass is 9.62. The molecule has 0 aliphatic heterocycles. The Hall–Kier alpha value is -0.860. The molecule has 2 atom stereocenters. The van der Waals surface area contributed by atoms with Crippen LogP contribution in [0, 0.1) is 10.8 Å². The Labute approximate surface area is 130 Å². The van der Waals surface area contributed by atoms with Crippen LogP contribution >= 0.6 is 0 Å². The third-order valence-electron chi connectivity index (χ3n) is 4.74.